The maximum atomic E-state index is 5.18. The van der Waals surface area contributed by atoms with E-state index < -0.39 is 0 Å². The highest BCUT2D eigenvalue weighted by molar-refractivity contribution is 9.13. The fourth-order valence-electron chi connectivity index (χ4n) is 1.11. The van der Waals surface area contributed by atoms with E-state index in [1.807, 2.05) is 13.0 Å². The molecule has 0 saturated heterocycles. The highest BCUT2D eigenvalue weighted by Gasteiger charge is 2.13. The lowest BCUT2D eigenvalue weighted by atomic mass is 10.5. The highest BCUT2D eigenvalue weighted by atomic mass is 79.9. The van der Waals surface area contributed by atoms with Gasteiger partial charge in [0.15, 0.2) is 5.82 Å². The molecule has 2 aromatic heterocycles. The number of hydrogen-bond donors (Lipinski definition) is 1. The van der Waals surface area contributed by atoms with Gasteiger partial charge in [0.25, 0.3) is 5.89 Å². The first kappa shape index (κ1) is 12.2. The molecule has 2 rings (SSSR count). The summed E-state index contributed by atoms with van der Waals surface area (Å²) in [5.74, 6) is 1.24. The molecule has 0 aliphatic rings. The average Bonchev–Trinajstić information content (AvgIpc) is 2.84. The molecule has 0 bridgehead atoms. The van der Waals surface area contributed by atoms with Crippen molar-refractivity contribution in [1.82, 2.24) is 15.5 Å². The second-order valence-electron chi connectivity index (χ2n) is 3.03. The monoisotopic (exact) mass is 365 g/mol. The Morgan fingerprint density at radius 3 is 2.94 bits per heavy atom. The number of thiophene rings is 1. The number of halogens is 2. The number of nitrogens with zero attached hydrogens (tertiary/aromatic N) is 2. The predicted octanol–water partition coefficient (Wildman–Crippen LogP) is 3.43. The minimum atomic E-state index is 0.560. The third-order valence-electron chi connectivity index (χ3n) is 1.86. The molecular weight excluding hydrogens is 358 g/mol. The minimum absolute atomic E-state index is 0.560. The molecule has 0 aliphatic heterocycles. The number of nitrogens with one attached hydrogen (secondary N) is 1. The first-order valence-electron chi connectivity index (χ1n) is 4.69. The summed E-state index contributed by atoms with van der Waals surface area (Å²) < 4.78 is 7.20. The third-order valence-corrected chi connectivity index (χ3v) is 5.10. The molecule has 0 radical (unpaired) electrons. The van der Waals surface area contributed by atoms with E-state index in [0.29, 0.717) is 18.3 Å². The second-order valence-corrected chi connectivity index (χ2v) is 6.25. The summed E-state index contributed by atoms with van der Waals surface area (Å²) >= 11 is 8.41. The van der Waals surface area contributed by atoms with Crippen molar-refractivity contribution in [3.63, 3.8) is 0 Å². The summed E-state index contributed by atoms with van der Waals surface area (Å²) in [6.07, 6.45) is 0. The Morgan fingerprint density at radius 1 is 1.50 bits per heavy atom. The van der Waals surface area contributed by atoms with E-state index >= 15 is 0 Å². The zero-order valence-corrected chi connectivity index (χ0v) is 12.4. The maximum Gasteiger partial charge on any atom is 0.268 e. The van der Waals surface area contributed by atoms with Crippen LogP contribution in [0.15, 0.2) is 18.8 Å². The van der Waals surface area contributed by atoms with Gasteiger partial charge in [-0.25, -0.2) is 0 Å². The Balaban J connectivity index is 2.18. The third kappa shape index (κ3) is 2.71. The van der Waals surface area contributed by atoms with Gasteiger partial charge < -0.3 is 9.84 Å². The summed E-state index contributed by atoms with van der Waals surface area (Å²) in [5, 5.41) is 7.04. The van der Waals surface area contributed by atoms with Crippen LogP contribution >= 0.6 is 43.2 Å². The molecule has 0 spiro atoms. The van der Waals surface area contributed by atoms with Crippen LogP contribution in [0.4, 0.5) is 0 Å². The predicted molar refractivity (Wildman–Crippen MR) is 70.4 cm³/mol. The van der Waals surface area contributed by atoms with Crippen LogP contribution in [0.5, 0.6) is 0 Å². The molecule has 2 aromatic rings. The molecule has 7 heteroatoms. The van der Waals surface area contributed by atoms with Gasteiger partial charge in [0.1, 0.15) is 0 Å². The normalized spacial score (nSPS) is 10.9. The van der Waals surface area contributed by atoms with Gasteiger partial charge in [0, 0.05) is 4.47 Å². The fourth-order valence-corrected chi connectivity index (χ4v) is 3.07. The van der Waals surface area contributed by atoms with Crippen LogP contribution in [0.2, 0.25) is 0 Å². The van der Waals surface area contributed by atoms with Crippen LogP contribution < -0.4 is 5.32 Å². The van der Waals surface area contributed by atoms with Crippen LogP contribution in [0.1, 0.15) is 12.7 Å². The van der Waals surface area contributed by atoms with Gasteiger partial charge in [-0.05, 0) is 44.5 Å². The molecule has 86 valence electrons. The first-order valence-corrected chi connectivity index (χ1v) is 7.09. The van der Waals surface area contributed by atoms with E-state index in [2.05, 4.69) is 47.3 Å². The Morgan fingerprint density at radius 2 is 2.31 bits per heavy atom. The number of aromatic nitrogens is 2. The molecular formula is C9H9Br2N3OS. The summed E-state index contributed by atoms with van der Waals surface area (Å²) in [6, 6.07) is 1.96. The highest BCUT2D eigenvalue weighted by Crippen LogP contribution is 2.37. The van der Waals surface area contributed by atoms with Crippen LogP contribution in [-0.2, 0) is 6.54 Å². The summed E-state index contributed by atoms with van der Waals surface area (Å²) in [7, 11) is 0. The molecule has 0 aromatic carbocycles. The van der Waals surface area contributed by atoms with Crippen molar-refractivity contribution in [1.29, 1.82) is 0 Å². The topological polar surface area (TPSA) is 51.0 Å². The standard InChI is InChI=1S/C9H9Br2N3OS/c1-2-12-4-7-13-9(15-14-7)6-3-5(10)8(11)16-6/h3,12H,2,4H2,1H3. The molecule has 4 nitrogen and oxygen atoms in total. The lowest BCUT2D eigenvalue weighted by Crippen LogP contribution is -2.12. The molecule has 0 unspecified atom stereocenters. The quantitative estimate of drug-likeness (QED) is 0.900. The van der Waals surface area contributed by atoms with Gasteiger partial charge >= 0.3 is 0 Å². The second kappa shape index (κ2) is 5.39. The van der Waals surface area contributed by atoms with Crippen LogP contribution in [0.25, 0.3) is 10.8 Å². The van der Waals surface area contributed by atoms with E-state index in [1.165, 1.54) is 0 Å². The van der Waals surface area contributed by atoms with Crippen LogP contribution in [0.3, 0.4) is 0 Å². The Hall–Kier alpha value is -0.240. The SMILES string of the molecule is CCNCc1noc(-c2cc(Br)c(Br)s2)n1. The van der Waals surface area contributed by atoms with Crippen molar-refractivity contribution in [3.05, 3.63) is 20.1 Å². The summed E-state index contributed by atoms with van der Waals surface area (Å²) in [4.78, 5) is 5.25. The largest absolute Gasteiger partial charge is 0.333 e. The smallest absolute Gasteiger partial charge is 0.268 e. The van der Waals surface area contributed by atoms with E-state index in [-0.39, 0.29) is 0 Å². The first-order chi connectivity index (χ1) is 7.70. The van der Waals surface area contributed by atoms with Crippen LogP contribution in [-0.4, -0.2) is 16.7 Å². The zero-order valence-electron chi connectivity index (χ0n) is 8.46. The van der Waals surface area contributed by atoms with Gasteiger partial charge in [-0.15, -0.1) is 11.3 Å². The fraction of sp³-hybridized carbons (Fsp3) is 0.333. The molecule has 0 fully saturated rings. The van der Waals surface area contributed by atoms with Crippen molar-refractivity contribution >= 4 is 43.2 Å². The molecule has 2 heterocycles. The van der Waals surface area contributed by atoms with Gasteiger partial charge in [-0.1, -0.05) is 12.1 Å². The van der Waals surface area contributed by atoms with Gasteiger partial charge in [-0.3, -0.25) is 0 Å². The zero-order chi connectivity index (χ0) is 11.5. The lowest BCUT2D eigenvalue weighted by molar-refractivity contribution is 0.420. The van der Waals surface area contributed by atoms with Gasteiger partial charge in [0.2, 0.25) is 0 Å². The Kier molecular flexibility index (Phi) is 4.12. The minimum Gasteiger partial charge on any atom is -0.333 e. The molecule has 1 N–H and O–H groups in total. The maximum absolute atomic E-state index is 5.18. The van der Waals surface area contributed by atoms with Gasteiger partial charge in [-0.2, -0.15) is 4.98 Å². The molecule has 0 amide bonds. The summed E-state index contributed by atoms with van der Waals surface area (Å²) in [5.41, 5.74) is 0. The van der Waals surface area contributed by atoms with Crippen molar-refractivity contribution in [2.75, 3.05) is 6.54 Å². The van der Waals surface area contributed by atoms with E-state index in [1.54, 1.807) is 11.3 Å². The molecule has 0 atom stereocenters. The number of rotatable bonds is 4. The van der Waals surface area contributed by atoms with E-state index in [9.17, 15) is 0 Å². The van der Waals surface area contributed by atoms with Crippen molar-refractivity contribution in [3.8, 4) is 10.8 Å². The van der Waals surface area contributed by atoms with E-state index in [4.69, 9.17) is 4.52 Å². The number of hydrogen-bond acceptors (Lipinski definition) is 5. The van der Waals surface area contributed by atoms with Crippen molar-refractivity contribution in [2.24, 2.45) is 0 Å². The molecule has 16 heavy (non-hydrogen) atoms. The summed E-state index contributed by atoms with van der Waals surface area (Å²) in [6.45, 7) is 3.56. The molecule has 0 saturated carbocycles. The Labute approximate surface area is 114 Å². The molecule has 0 aliphatic carbocycles. The lowest BCUT2D eigenvalue weighted by Gasteiger charge is -1.92. The van der Waals surface area contributed by atoms with Crippen molar-refractivity contribution < 1.29 is 4.52 Å². The van der Waals surface area contributed by atoms with Gasteiger partial charge in [0.05, 0.1) is 15.2 Å². The van der Waals surface area contributed by atoms with E-state index in [0.717, 1.165) is 19.7 Å². The Bertz CT molecular complexity index is 463. The van der Waals surface area contributed by atoms with Crippen LogP contribution in [0, 0.1) is 0 Å². The van der Waals surface area contributed by atoms with Crippen molar-refractivity contribution in [2.45, 2.75) is 13.5 Å². The average molecular weight is 367 g/mol.